The summed E-state index contributed by atoms with van der Waals surface area (Å²) in [5, 5.41) is 3.27. The van der Waals surface area contributed by atoms with E-state index in [9.17, 15) is 0 Å². The van der Waals surface area contributed by atoms with Gasteiger partial charge >= 0.3 is 0 Å². The summed E-state index contributed by atoms with van der Waals surface area (Å²) < 4.78 is 7.90. The van der Waals surface area contributed by atoms with Crippen LogP contribution in [-0.2, 0) is 13.1 Å². The lowest BCUT2D eigenvalue weighted by atomic mass is 10.2. The predicted octanol–water partition coefficient (Wildman–Crippen LogP) is 2.56. The maximum Gasteiger partial charge on any atom is 0.118 e. The van der Waals surface area contributed by atoms with Crippen LogP contribution in [0.4, 0.5) is 0 Å². The molecule has 2 aromatic heterocycles. The van der Waals surface area contributed by atoms with Gasteiger partial charge in [-0.25, -0.2) is 4.98 Å². The van der Waals surface area contributed by atoms with E-state index in [1.807, 2.05) is 20.2 Å². The molecule has 0 aliphatic rings. The summed E-state index contributed by atoms with van der Waals surface area (Å²) >= 11 is 0. The van der Waals surface area contributed by atoms with E-state index in [0.29, 0.717) is 0 Å². The van der Waals surface area contributed by atoms with Gasteiger partial charge in [0, 0.05) is 11.3 Å². The van der Waals surface area contributed by atoms with E-state index >= 15 is 0 Å². The van der Waals surface area contributed by atoms with Crippen LogP contribution in [0.5, 0.6) is 0 Å². The zero-order valence-electron chi connectivity index (χ0n) is 11.6. The van der Waals surface area contributed by atoms with Crippen LogP contribution in [-0.4, -0.2) is 16.1 Å². The fourth-order valence-electron chi connectivity index (χ4n) is 1.97. The number of hydrogen-bond donors (Lipinski definition) is 1. The Hall–Kier alpha value is -1.55. The number of aromatic nitrogens is 2. The van der Waals surface area contributed by atoms with Crippen LogP contribution in [0.2, 0.25) is 0 Å². The monoisotopic (exact) mass is 247 g/mol. The van der Waals surface area contributed by atoms with Crippen molar-refractivity contribution < 1.29 is 4.42 Å². The molecule has 0 bridgehead atoms. The Morgan fingerprint density at radius 1 is 1.33 bits per heavy atom. The van der Waals surface area contributed by atoms with E-state index in [1.165, 1.54) is 11.3 Å². The van der Waals surface area contributed by atoms with Crippen LogP contribution in [0.15, 0.2) is 16.8 Å². The molecule has 0 saturated heterocycles. The van der Waals surface area contributed by atoms with Crippen molar-refractivity contribution in [2.24, 2.45) is 0 Å². The summed E-state index contributed by atoms with van der Waals surface area (Å²) in [5.41, 5.74) is 3.52. The quantitative estimate of drug-likeness (QED) is 0.883. The van der Waals surface area contributed by atoms with Gasteiger partial charge in [0.2, 0.25) is 0 Å². The van der Waals surface area contributed by atoms with E-state index in [-0.39, 0.29) is 0 Å². The Bertz CT molecular complexity index is 525. The largest absolute Gasteiger partial charge is 0.465 e. The molecule has 1 N–H and O–H groups in total. The minimum Gasteiger partial charge on any atom is -0.465 e. The van der Waals surface area contributed by atoms with Crippen molar-refractivity contribution in [2.45, 2.75) is 40.8 Å². The van der Waals surface area contributed by atoms with E-state index in [4.69, 9.17) is 4.42 Å². The smallest absolute Gasteiger partial charge is 0.118 e. The van der Waals surface area contributed by atoms with Gasteiger partial charge < -0.3 is 14.3 Å². The van der Waals surface area contributed by atoms with Gasteiger partial charge in [-0.15, -0.1) is 0 Å². The second-order valence-electron chi connectivity index (χ2n) is 4.62. The van der Waals surface area contributed by atoms with Crippen molar-refractivity contribution in [3.8, 4) is 0 Å². The number of aryl methyl sites for hydroxylation is 2. The fourth-order valence-corrected chi connectivity index (χ4v) is 1.97. The SMILES string of the molecule is CCNCc1cc(Cn2cnc(C)c2C)c(C)o1. The van der Waals surface area contributed by atoms with Gasteiger partial charge in [-0.1, -0.05) is 6.92 Å². The van der Waals surface area contributed by atoms with Crippen LogP contribution >= 0.6 is 0 Å². The molecule has 0 radical (unpaired) electrons. The first-order valence-corrected chi connectivity index (χ1v) is 6.39. The highest BCUT2D eigenvalue weighted by atomic mass is 16.3. The summed E-state index contributed by atoms with van der Waals surface area (Å²) in [7, 11) is 0. The Morgan fingerprint density at radius 2 is 2.11 bits per heavy atom. The standard InChI is InChI=1S/C14H21N3O/c1-5-15-7-14-6-13(12(4)18-14)8-17-9-16-10(2)11(17)3/h6,9,15H,5,7-8H2,1-4H3. The van der Waals surface area contributed by atoms with Crippen molar-refractivity contribution in [1.29, 1.82) is 0 Å². The second-order valence-corrected chi connectivity index (χ2v) is 4.62. The minimum absolute atomic E-state index is 0.791. The average Bonchev–Trinajstić information content (AvgIpc) is 2.85. The molecule has 0 saturated carbocycles. The zero-order chi connectivity index (χ0) is 13.1. The highest BCUT2D eigenvalue weighted by Gasteiger charge is 2.09. The first-order chi connectivity index (χ1) is 8.61. The van der Waals surface area contributed by atoms with Crippen LogP contribution in [0, 0.1) is 20.8 Å². The lowest BCUT2D eigenvalue weighted by Crippen LogP contribution is -2.10. The van der Waals surface area contributed by atoms with Gasteiger partial charge in [0.25, 0.3) is 0 Å². The highest BCUT2D eigenvalue weighted by Crippen LogP contribution is 2.17. The molecule has 0 amide bonds. The van der Waals surface area contributed by atoms with Gasteiger partial charge in [-0.3, -0.25) is 0 Å². The number of nitrogens with zero attached hydrogens (tertiary/aromatic N) is 2. The van der Waals surface area contributed by atoms with Gasteiger partial charge in [0.15, 0.2) is 0 Å². The number of hydrogen-bond acceptors (Lipinski definition) is 3. The molecule has 0 aliphatic carbocycles. The molecule has 18 heavy (non-hydrogen) atoms. The van der Waals surface area contributed by atoms with Crippen molar-refractivity contribution in [3.05, 3.63) is 40.9 Å². The third-order valence-electron chi connectivity index (χ3n) is 3.31. The van der Waals surface area contributed by atoms with Crippen LogP contribution < -0.4 is 5.32 Å². The molecule has 0 unspecified atom stereocenters. The van der Waals surface area contributed by atoms with E-state index in [0.717, 1.165) is 36.8 Å². The fraction of sp³-hybridized carbons (Fsp3) is 0.500. The molecule has 2 aromatic rings. The highest BCUT2D eigenvalue weighted by molar-refractivity contribution is 5.22. The summed E-state index contributed by atoms with van der Waals surface area (Å²) in [6, 6.07) is 2.13. The molecule has 0 aliphatic heterocycles. The normalized spacial score (nSPS) is 11.1. The Labute approximate surface area is 108 Å². The van der Waals surface area contributed by atoms with E-state index in [1.54, 1.807) is 0 Å². The average molecular weight is 247 g/mol. The molecular weight excluding hydrogens is 226 g/mol. The van der Waals surface area contributed by atoms with Crippen LogP contribution in [0.25, 0.3) is 0 Å². The molecule has 2 rings (SSSR count). The lowest BCUT2D eigenvalue weighted by Gasteiger charge is -2.03. The first-order valence-electron chi connectivity index (χ1n) is 6.39. The number of rotatable bonds is 5. The molecule has 4 nitrogen and oxygen atoms in total. The molecule has 0 aromatic carbocycles. The maximum atomic E-state index is 5.74. The molecule has 98 valence electrons. The molecule has 2 heterocycles. The summed E-state index contributed by atoms with van der Waals surface area (Å²) in [6.07, 6.45) is 1.89. The van der Waals surface area contributed by atoms with E-state index in [2.05, 4.69) is 34.8 Å². The Kier molecular flexibility index (Phi) is 3.87. The van der Waals surface area contributed by atoms with Gasteiger partial charge in [-0.2, -0.15) is 0 Å². The third kappa shape index (κ3) is 2.64. The van der Waals surface area contributed by atoms with Crippen molar-refractivity contribution >= 4 is 0 Å². The van der Waals surface area contributed by atoms with Crippen molar-refractivity contribution in [1.82, 2.24) is 14.9 Å². The molecule has 0 atom stereocenters. The van der Waals surface area contributed by atoms with Crippen LogP contribution in [0.3, 0.4) is 0 Å². The van der Waals surface area contributed by atoms with Gasteiger partial charge in [0.1, 0.15) is 11.5 Å². The molecular formula is C14H21N3O. The van der Waals surface area contributed by atoms with Gasteiger partial charge in [-0.05, 0) is 33.4 Å². The number of imidazole rings is 1. The van der Waals surface area contributed by atoms with Gasteiger partial charge in [0.05, 0.1) is 25.1 Å². The predicted molar refractivity (Wildman–Crippen MR) is 71.6 cm³/mol. The molecule has 4 heteroatoms. The van der Waals surface area contributed by atoms with Crippen molar-refractivity contribution in [3.63, 3.8) is 0 Å². The summed E-state index contributed by atoms with van der Waals surface area (Å²) in [5.74, 6) is 1.99. The van der Waals surface area contributed by atoms with E-state index < -0.39 is 0 Å². The number of nitrogens with one attached hydrogen (secondary N) is 1. The Morgan fingerprint density at radius 3 is 2.72 bits per heavy atom. The van der Waals surface area contributed by atoms with Crippen LogP contribution in [0.1, 0.15) is 35.4 Å². The van der Waals surface area contributed by atoms with Crippen molar-refractivity contribution in [2.75, 3.05) is 6.54 Å². The Balaban J connectivity index is 2.14. The molecule has 0 spiro atoms. The zero-order valence-corrected chi connectivity index (χ0v) is 11.6. The maximum absolute atomic E-state index is 5.74. The number of furan rings is 1. The topological polar surface area (TPSA) is 43.0 Å². The second kappa shape index (κ2) is 5.40. The summed E-state index contributed by atoms with van der Waals surface area (Å²) in [6.45, 7) is 10.8. The molecule has 0 fully saturated rings. The third-order valence-corrected chi connectivity index (χ3v) is 3.31. The lowest BCUT2D eigenvalue weighted by molar-refractivity contribution is 0.462. The minimum atomic E-state index is 0.791. The summed E-state index contributed by atoms with van der Waals surface area (Å²) in [4.78, 5) is 4.32. The first kappa shape index (κ1) is 12.9.